The molecule has 0 amide bonds. The molecule has 0 aromatic rings. The zero-order chi connectivity index (χ0) is 10.6. The molecule has 0 fully saturated rings. The molecular weight excluding hydrogens is 206 g/mol. The summed E-state index contributed by atoms with van der Waals surface area (Å²) in [5, 5.41) is 0. The molecule has 2 heteroatoms. The largest absolute Gasteiger partial charge is 0.303 e. The Balaban J connectivity index is 0. The number of hydrogen-bond donors (Lipinski definition) is 0. The highest BCUT2D eigenvalue weighted by atomic mass is 35.5. The number of unbranched alkanes of at least 4 members (excludes halogenated alkanes) is 4. The molecule has 0 aromatic carbocycles. The molecule has 0 atom stereocenters. The lowest BCUT2D eigenvalue weighted by Gasteiger charge is -2.21. The fraction of sp³-hybridized carbons (Fsp3) is 1.00. The molecule has 0 spiro atoms. The normalized spacial score (nSPS) is 10.4. The zero-order valence-corrected chi connectivity index (χ0v) is 11.7. The SMILES string of the molecule is CCCCCN(CCC)CCCCC.Cl. The Morgan fingerprint density at radius 1 is 0.600 bits per heavy atom. The summed E-state index contributed by atoms with van der Waals surface area (Å²) in [5.41, 5.74) is 0. The minimum absolute atomic E-state index is 0. The second-order valence-corrected chi connectivity index (χ2v) is 4.26. The van der Waals surface area contributed by atoms with Crippen molar-refractivity contribution in [2.24, 2.45) is 0 Å². The average Bonchev–Trinajstić information content (AvgIpc) is 2.18. The van der Waals surface area contributed by atoms with Gasteiger partial charge >= 0.3 is 0 Å². The predicted molar refractivity (Wildman–Crippen MR) is 73.0 cm³/mol. The Kier molecular flexibility index (Phi) is 16.8. The molecule has 0 aliphatic carbocycles. The minimum Gasteiger partial charge on any atom is -0.303 e. The topological polar surface area (TPSA) is 3.24 Å². The highest BCUT2D eigenvalue weighted by Gasteiger charge is 2.01. The molecular formula is C13H30ClN. The minimum atomic E-state index is 0. The standard InChI is InChI=1S/C13H29N.ClH/c1-4-7-9-12-14(11-6-3)13-10-8-5-2;/h4-13H2,1-3H3;1H. The van der Waals surface area contributed by atoms with Crippen molar-refractivity contribution in [3.63, 3.8) is 0 Å². The van der Waals surface area contributed by atoms with Gasteiger partial charge in [-0.15, -0.1) is 12.4 Å². The van der Waals surface area contributed by atoms with E-state index in [2.05, 4.69) is 25.7 Å². The van der Waals surface area contributed by atoms with Crippen molar-refractivity contribution in [1.82, 2.24) is 4.90 Å². The van der Waals surface area contributed by atoms with E-state index < -0.39 is 0 Å². The van der Waals surface area contributed by atoms with Crippen molar-refractivity contribution in [2.75, 3.05) is 19.6 Å². The van der Waals surface area contributed by atoms with Crippen molar-refractivity contribution in [2.45, 2.75) is 65.7 Å². The lowest BCUT2D eigenvalue weighted by Crippen LogP contribution is -2.26. The molecule has 15 heavy (non-hydrogen) atoms. The van der Waals surface area contributed by atoms with Crippen LogP contribution >= 0.6 is 12.4 Å². The number of nitrogens with zero attached hydrogens (tertiary/aromatic N) is 1. The Hall–Kier alpha value is 0.250. The molecule has 94 valence electrons. The Labute approximate surface area is 103 Å². The first-order valence-electron chi connectivity index (χ1n) is 6.57. The molecule has 0 radical (unpaired) electrons. The van der Waals surface area contributed by atoms with Crippen molar-refractivity contribution in [3.8, 4) is 0 Å². The van der Waals surface area contributed by atoms with Gasteiger partial charge in [-0.2, -0.15) is 0 Å². The van der Waals surface area contributed by atoms with Gasteiger partial charge in [0.25, 0.3) is 0 Å². The molecule has 0 heterocycles. The van der Waals surface area contributed by atoms with Gasteiger partial charge in [-0.05, 0) is 38.9 Å². The monoisotopic (exact) mass is 235 g/mol. The van der Waals surface area contributed by atoms with E-state index in [1.54, 1.807) is 0 Å². The summed E-state index contributed by atoms with van der Waals surface area (Å²) < 4.78 is 0. The van der Waals surface area contributed by atoms with E-state index in [1.807, 2.05) is 0 Å². The lowest BCUT2D eigenvalue weighted by atomic mass is 10.2. The first-order chi connectivity index (χ1) is 6.85. The van der Waals surface area contributed by atoms with E-state index in [0.29, 0.717) is 0 Å². The van der Waals surface area contributed by atoms with Crippen LogP contribution in [0, 0.1) is 0 Å². The van der Waals surface area contributed by atoms with Crippen LogP contribution in [0.4, 0.5) is 0 Å². The molecule has 0 saturated heterocycles. The van der Waals surface area contributed by atoms with E-state index in [1.165, 1.54) is 64.6 Å². The summed E-state index contributed by atoms with van der Waals surface area (Å²) in [7, 11) is 0. The second-order valence-electron chi connectivity index (χ2n) is 4.26. The van der Waals surface area contributed by atoms with Crippen LogP contribution in [0.1, 0.15) is 65.7 Å². The van der Waals surface area contributed by atoms with Crippen molar-refractivity contribution >= 4 is 12.4 Å². The Bertz CT molecular complexity index is 96.7. The third kappa shape index (κ3) is 12.2. The summed E-state index contributed by atoms with van der Waals surface area (Å²) in [5.74, 6) is 0. The smallest absolute Gasteiger partial charge is 0.00187 e. The molecule has 0 aliphatic heterocycles. The van der Waals surface area contributed by atoms with Gasteiger partial charge in [0.15, 0.2) is 0 Å². The van der Waals surface area contributed by atoms with Gasteiger partial charge in [0.2, 0.25) is 0 Å². The zero-order valence-electron chi connectivity index (χ0n) is 10.9. The highest BCUT2D eigenvalue weighted by molar-refractivity contribution is 5.85. The van der Waals surface area contributed by atoms with E-state index in [9.17, 15) is 0 Å². The summed E-state index contributed by atoms with van der Waals surface area (Å²) in [6.45, 7) is 10.8. The maximum absolute atomic E-state index is 2.64. The van der Waals surface area contributed by atoms with Crippen LogP contribution in [0.2, 0.25) is 0 Å². The summed E-state index contributed by atoms with van der Waals surface area (Å²) in [6, 6.07) is 0. The van der Waals surface area contributed by atoms with Crippen molar-refractivity contribution < 1.29 is 0 Å². The van der Waals surface area contributed by atoms with Crippen LogP contribution in [-0.2, 0) is 0 Å². The summed E-state index contributed by atoms with van der Waals surface area (Å²) in [6.07, 6.45) is 9.56. The molecule has 0 unspecified atom stereocenters. The fourth-order valence-electron chi connectivity index (χ4n) is 1.82. The molecule has 0 saturated carbocycles. The van der Waals surface area contributed by atoms with E-state index >= 15 is 0 Å². The molecule has 0 rings (SSSR count). The Morgan fingerprint density at radius 2 is 1.07 bits per heavy atom. The molecule has 0 aliphatic rings. The number of rotatable bonds is 10. The lowest BCUT2D eigenvalue weighted by molar-refractivity contribution is 0.262. The third-order valence-corrected chi connectivity index (χ3v) is 2.70. The van der Waals surface area contributed by atoms with Gasteiger partial charge in [0.05, 0.1) is 0 Å². The average molecular weight is 236 g/mol. The van der Waals surface area contributed by atoms with Gasteiger partial charge < -0.3 is 4.90 Å². The van der Waals surface area contributed by atoms with Gasteiger partial charge in [-0.25, -0.2) is 0 Å². The molecule has 0 aromatic heterocycles. The Morgan fingerprint density at radius 3 is 1.40 bits per heavy atom. The van der Waals surface area contributed by atoms with Gasteiger partial charge in [-0.1, -0.05) is 46.5 Å². The van der Waals surface area contributed by atoms with Crippen LogP contribution in [0.3, 0.4) is 0 Å². The summed E-state index contributed by atoms with van der Waals surface area (Å²) >= 11 is 0. The van der Waals surface area contributed by atoms with E-state index in [0.717, 1.165) is 0 Å². The fourth-order valence-corrected chi connectivity index (χ4v) is 1.82. The molecule has 0 N–H and O–H groups in total. The van der Waals surface area contributed by atoms with Crippen LogP contribution in [-0.4, -0.2) is 24.5 Å². The van der Waals surface area contributed by atoms with E-state index in [4.69, 9.17) is 0 Å². The van der Waals surface area contributed by atoms with Gasteiger partial charge in [0.1, 0.15) is 0 Å². The van der Waals surface area contributed by atoms with Crippen LogP contribution in [0.25, 0.3) is 0 Å². The third-order valence-electron chi connectivity index (χ3n) is 2.70. The maximum Gasteiger partial charge on any atom is -0.00187 e. The van der Waals surface area contributed by atoms with Crippen LogP contribution < -0.4 is 0 Å². The number of hydrogen-bond acceptors (Lipinski definition) is 1. The predicted octanol–water partition coefficient (Wildman–Crippen LogP) is 4.50. The van der Waals surface area contributed by atoms with Crippen molar-refractivity contribution in [1.29, 1.82) is 0 Å². The molecule has 1 nitrogen and oxygen atoms in total. The van der Waals surface area contributed by atoms with Crippen molar-refractivity contribution in [3.05, 3.63) is 0 Å². The van der Waals surface area contributed by atoms with Gasteiger partial charge in [0, 0.05) is 0 Å². The summed E-state index contributed by atoms with van der Waals surface area (Å²) in [4.78, 5) is 2.64. The number of halogens is 1. The molecule has 0 bridgehead atoms. The van der Waals surface area contributed by atoms with Crippen LogP contribution in [0.5, 0.6) is 0 Å². The maximum atomic E-state index is 2.64. The first kappa shape index (κ1) is 17.6. The van der Waals surface area contributed by atoms with Crippen LogP contribution in [0.15, 0.2) is 0 Å². The first-order valence-corrected chi connectivity index (χ1v) is 6.57. The quantitative estimate of drug-likeness (QED) is 0.504. The van der Waals surface area contributed by atoms with Gasteiger partial charge in [-0.3, -0.25) is 0 Å². The second kappa shape index (κ2) is 14.2. The highest BCUT2D eigenvalue weighted by Crippen LogP contribution is 2.03. The van der Waals surface area contributed by atoms with E-state index in [-0.39, 0.29) is 12.4 Å².